The molecule has 2 aromatic rings. The maximum atomic E-state index is 6.15. The molecule has 1 aromatic carbocycles. The number of piperidine rings is 1. The van der Waals surface area contributed by atoms with Crippen LogP contribution >= 0.6 is 11.6 Å². The summed E-state index contributed by atoms with van der Waals surface area (Å²) in [6, 6.07) is 6.52. The van der Waals surface area contributed by atoms with E-state index >= 15 is 0 Å². The van der Waals surface area contributed by atoms with Gasteiger partial charge in [-0.25, -0.2) is 0 Å². The first-order valence-electron chi connectivity index (χ1n) is 6.56. The van der Waals surface area contributed by atoms with E-state index in [1.807, 2.05) is 11.7 Å². The number of fused-ring (bicyclic) bond motifs is 1. The predicted octanol–water partition coefficient (Wildman–Crippen LogP) is 2.77. The Bertz CT molecular complexity index is 555. The van der Waals surface area contributed by atoms with Crippen molar-refractivity contribution >= 4 is 22.5 Å². The van der Waals surface area contributed by atoms with Gasteiger partial charge in [0.1, 0.15) is 0 Å². The molecule has 1 aliphatic heterocycles. The van der Waals surface area contributed by atoms with Crippen LogP contribution < -0.4 is 5.32 Å². The van der Waals surface area contributed by atoms with Crippen molar-refractivity contribution in [1.29, 1.82) is 0 Å². The molecule has 1 fully saturated rings. The van der Waals surface area contributed by atoms with Crippen molar-refractivity contribution < 1.29 is 0 Å². The molecule has 2 heterocycles. The van der Waals surface area contributed by atoms with Crippen LogP contribution in [0.5, 0.6) is 0 Å². The van der Waals surface area contributed by atoms with Gasteiger partial charge in [-0.1, -0.05) is 17.7 Å². The van der Waals surface area contributed by atoms with Crippen molar-refractivity contribution in [2.75, 3.05) is 13.1 Å². The molecule has 1 aromatic heterocycles. The van der Waals surface area contributed by atoms with Crippen molar-refractivity contribution in [2.45, 2.75) is 19.3 Å². The van der Waals surface area contributed by atoms with E-state index in [0.29, 0.717) is 5.15 Å². The quantitative estimate of drug-likeness (QED) is 0.903. The Morgan fingerprint density at radius 1 is 1.50 bits per heavy atom. The molecule has 1 atom stereocenters. The number of hydrogen-bond acceptors (Lipinski definition) is 2. The number of rotatable bonds is 2. The lowest BCUT2D eigenvalue weighted by Crippen LogP contribution is -2.30. The van der Waals surface area contributed by atoms with Gasteiger partial charge in [0.15, 0.2) is 5.15 Å². The van der Waals surface area contributed by atoms with E-state index in [0.717, 1.165) is 29.8 Å². The average molecular weight is 264 g/mol. The SMILES string of the molecule is Cn1nc(Cl)c2cc(CC3CCCNC3)ccc21. The lowest BCUT2D eigenvalue weighted by atomic mass is 9.92. The fourth-order valence-electron chi connectivity index (χ4n) is 2.83. The summed E-state index contributed by atoms with van der Waals surface area (Å²) in [7, 11) is 1.93. The van der Waals surface area contributed by atoms with Gasteiger partial charge >= 0.3 is 0 Å². The van der Waals surface area contributed by atoms with Gasteiger partial charge in [0.2, 0.25) is 0 Å². The van der Waals surface area contributed by atoms with Crippen LogP contribution in [-0.2, 0) is 13.5 Å². The van der Waals surface area contributed by atoms with Crippen LogP contribution in [0, 0.1) is 5.92 Å². The maximum Gasteiger partial charge on any atom is 0.158 e. The van der Waals surface area contributed by atoms with Crippen molar-refractivity contribution in [3.8, 4) is 0 Å². The zero-order chi connectivity index (χ0) is 12.5. The molecule has 1 unspecified atom stereocenters. The van der Waals surface area contributed by atoms with Gasteiger partial charge in [-0.3, -0.25) is 4.68 Å². The van der Waals surface area contributed by atoms with Gasteiger partial charge in [-0.2, -0.15) is 5.10 Å². The predicted molar refractivity (Wildman–Crippen MR) is 75.0 cm³/mol. The molecule has 1 N–H and O–H groups in total. The molecule has 4 heteroatoms. The highest BCUT2D eigenvalue weighted by Gasteiger charge is 2.14. The Kier molecular flexibility index (Phi) is 3.27. The Morgan fingerprint density at radius 2 is 2.39 bits per heavy atom. The second-order valence-corrected chi connectivity index (χ2v) is 5.54. The van der Waals surface area contributed by atoms with Crippen LogP contribution in [0.25, 0.3) is 10.9 Å². The molecule has 0 saturated carbocycles. The number of hydrogen-bond donors (Lipinski definition) is 1. The summed E-state index contributed by atoms with van der Waals surface area (Å²) in [4.78, 5) is 0. The number of nitrogens with one attached hydrogen (secondary N) is 1. The fourth-order valence-corrected chi connectivity index (χ4v) is 3.09. The molecule has 1 saturated heterocycles. The fraction of sp³-hybridized carbons (Fsp3) is 0.500. The van der Waals surface area contributed by atoms with Crippen LogP contribution in [0.15, 0.2) is 18.2 Å². The minimum Gasteiger partial charge on any atom is -0.316 e. The molecule has 96 valence electrons. The molecule has 0 aliphatic carbocycles. The van der Waals surface area contributed by atoms with Gasteiger partial charge in [-0.15, -0.1) is 0 Å². The number of aryl methyl sites for hydroxylation is 1. The first kappa shape index (κ1) is 12.0. The molecule has 3 rings (SSSR count). The molecule has 18 heavy (non-hydrogen) atoms. The molecule has 0 spiro atoms. The van der Waals surface area contributed by atoms with Crippen LogP contribution in [0.2, 0.25) is 5.15 Å². The molecular weight excluding hydrogens is 246 g/mol. The monoisotopic (exact) mass is 263 g/mol. The average Bonchev–Trinajstić information content (AvgIpc) is 2.66. The van der Waals surface area contributed by atoms with Crippen LogP contribution in [0.3, 0.4) is 0 Å². The topological polar surface area (TPSA) is 29.9 Å². The zero-order valence-electron chi connectivity index (χ0n) is 10.6. The smallest absolute Gasteiger partial charge is 0.158 e. The van der Waals surface area contributed by atoms with Crippen molar-refractivity contribution in [3.63, 3.8) is 0 Å². The molecular formula is C14H18ClN3. The first-order valence-corrected chi connectivity index (χ1v) is 6.93. The highest BCUT2D eigenvalue weighted by Crippen LogP contribution is 2.25. The summed E-state index contributed by atoms with van der Waals surface area (Å²) < 4.78 is 1.84. The number of nitrogens with zero attached hydrogens (tertiary/aromatic N) is 2. The molecule has 0 amide bonds. The molecule has 0 bridgehead atoms. The Morgan fingerprint density at radius 3 is 3.17 bits per heavy atom. The van der Waals surface area contributed by atoms with Gasteiger partial charge < -0.3 is 5.32 Å². The normalized spacial score (nSPS) is 20.4. The number of benzene rings is 1. The lowest BCUT2D eigenvalue weighted by Gasteiger charge is -2.22. The summed E-state index contributed by atoms with van der Waals surface area (Å²) in [5, 5.41) is 9.39. The number of aromatic nitrogens is 2. The van der Waals surface area contributed by atoms with Crippen molar-refractivity contribution in [2.24, 2.45) is 13.0 Å². The highest BCUT2D eigenvalue weighted by molar-refractivity contribution is 6.34. The summed E-state index contributed by atoms with van der Waals surface area (Å²) in [5.41, 5.74) is 2.47. The third kappa shape index (κ3) is 2.25. The summed E-state index contributed by atoms with van der Waals surface area (Å²) in [5.74, 6) is 0.756. The standard InChI is InChI=1S/C14H18ClN3/c1-18-13-5-4-10(8-12(13)14(15)17-18)7-11-3-2-6-16-9-11/h4-5,8,11,16H,2-3,6-7,9H2,1H3. The number of halogens is 1. The zero-order valence-corrected chi connectivity index (χ0v) is 11.4. The van der Waals surface area contributed by atoms with Crippen molar-refractivity contribution in [3.05, 3.63) is 28.9 Å². The van der Waals surface area contributed by atoms with E-state index in [1.165, 1.54) is 24.9 Å². The molecule has 0 radical (unpaired) electrons. The lowest BCUT2D eigenvalue weighted by molar-refractivity contribution is 0.376. The largest absolute Gasteiger partial charge is 0.316 e. The van der Waals surface area contributed by atoms with E-state index in [-0.39, 0.29) is 0 Å². The molecule has 1 aliphatic rings. The van der Waals surface area contributed by atoms with E-state index in [4.69, 9.17) is 11.6 Å². The summed E-state index contributed by atoms with van der Waals surface area (Å²) in [6.07, 6.45) is 3.75. The van der Waals surface area contributed by atoms with Gasteiger partial charge in [-0.05, 0) is 56.0 Å². The van der Waals surface area contributed by atoms with Gasteiger partial charge in [0.05, 0.1) is 5.52 Å². The van der Waals surface area contributed by atoms with Crippen LogP contribution in [0.1, 0.15) is 18.4 Å². The first-order chi connectivity index (χ1) is 8.74. The minimum atomic E-state index is 0.608. The maximum absolute atomic E-state index is 6.15. The van der Waals surface area contributed by atoms with Gasteiger partial charge in [0, 0.05) is 12.4 Å². The Balaban J connectivity index is 1.86. The Labute approximate surface area is 112 Å². The highest BCUT2D eigenvalue weighted by atomic mass is 35.5. The summed E-state index contributed by atoms with van der Waals surface area (Å²) in [6.45, 7) is 2.31. The second kappa shape index (κ2) is 4.90. The van der Waals surface area contributed by atoms with E-state index < -0.39 is 0 Å². The van der Waals surface area contributed by atoms with E-state index in [2.05, 4.69) is 28.6 Å². The molecule has 3 nitrogen and oxygen atoms in total. The van der Waals surface area contributed by atoms with Crippen LogP contribution in [-0.4, -0.2) is 22.9 Å². The van der Waals surface area contributed by atoms with E-state index in [1.54, 1.807) is 0 Å². The van der Waals surface area contributed by atoms with E-state index in [9.17, 15) is 0 Å². The minimum absolute atomic E-state index is 0.608. The second-order valence-electron chi connectivity index (χ2n) is 5.18. The van der Waals surface area contributed by atoms with Crippen molar-refractivity contribution in [1.82, 2.24) is 15.1 Å². The van der Waals surface area contributed by atoms with Crippen LogP contribution in [0.4, 0.5) is 0 Å². The third-order valence-electron chi connectivity index (χ3n) is 3.79. The van der Waals surface area contributed by atoms with Gasteiger partial charge in [0.25, 0.3) is 0 Å². The Hall–Kier alpha value is -1.06. The third-order valence-corrected chi connectivity index (χ3v) is 4.07. The summed E-state index contributed by atoms with van der Waals surface area (Å²) >= 11 is 6.15.